The third-order valence-corrected chi connectivity index (χ3v) is 3.77. The van der Waals surface area contributed by atoms with Gasteiger partial charge in [0, 0.05) is 25.2 Å². The minimum Gasteiger partial charge on any atom is -0.481 e. The van der Waals surface area contributed by atoms with Crippen LogP contribution >= 0.6 is 0 Å². The van der Waals surface area contributed by atoms with Crippen molar-refractivity contribution < 1.29 is 9.90 Å². The number of carbonyl (C=O) groups is 1. The van der Waals surface area contributed by atoms with Gasteiger partial charge in [-0.15, -0.1) is 0 Å². The predicted molar refractivity (Wildman–Crippen MR) is 75.5 cm³/mol. The van der Waals surface area contributed by atoms with Crippen LogP contribution < -0.4 is 4.90 Å². The number of hydrogen-bond donors (Lipinski definition) is 1. The second kappa shape index (κ2) is 6.38. The van der Waals surface area contributed by atoms with Gasteiger partial charge < -0.3 is 10.0 Å². The van der Waals surface area contributed by atoms with Crippen molar-refractivity contribution in [1.29, 1.82) is 5.26 Å². The van der Waals surface area contributed by atoms with E-state index in [-0.39, 0.29) is 6.42 Å². The molecule has 1 aliphatic rings. The van der Waals surface area contributed by atoms with Crippen LogP contribution in [-0.2, 0) is 4.79 Å². The molecule has 20 heavy (non-hydrogen) atoms. The molecule has 0 radical (unpaired) electrons. The van der Waals surface area contributed by atoms with Gasteiger partial charge >= 0.3 is 5.97 Å². The highest BCUT2D eigenvalue weighted by Gasteiger charge is 2.21. The third-order valence-electron chi connectivity index (χ3n) is 3.77. The zero-order chi connectivity index (χ0) is 14.5. The van der Waals surface area contributed by atoms with E-state index in [1.165, 1.54) is 0 Å². The van der Waals surface area contributed by atoms with E-state index in [1.807, 2.05) is 13.0 Å². The molecule has 2 heterocycles. The molecule has 0 spiro atoms. The predicted octanol–water partition coefficient (Wildman–Crippen LogP) is 2.34. The lowest BCUT2D eigenvalue weighted by atomic mass is 9.92. The average molecular weight is 273 g/mol. The van der Waals surface area contributed by atoms with Crippen LogP contribution in [0.5, 0.6) is 0 Å². The first-order chi connectivity index (χ1) is 9.58. The van der Waals surface area contributed by atoms with Crippen LogP contribution in [0.1, 0.15) is 36.9 Å². The third kappa shape index (κ3) is 3.70. The number of piperidine rings is 1. The number of aromatic nitrogens is 1. The smallest absolute Gasteiger partial charge is 0.303 e. The van der Waals surface area contributed by atoms with Gasteiger partial charge in [-0.2, -0.15) is 5.26 Å². The first-order valence-corrected chi connectivity index (χ1v) is 6.94. The summed E-state index contributed by atoms with van der Waals surface area (Å²) in [6.07, 6.45) is 3.00. The molecule has 1 aliphatic heterocycles. The standard InChI is InChI=1S/C15H19N3O2/c1-11-8-13(10-16)9-14(17-11)18-6-4-12(5-7-18)2-3-15(19)20/h8-9,12H,2-7H2,1H3,(H,19,20). The van der Waals surface area contributed by atoms with Crippen molar-refractivity contribution in [3.63, 3.8) is 0 Å². The summed E-state index contributed by atoms with van der Waals surface area (Å²) >= 11 is 0. The molecule has 1 fully saturated rings. The van der Waals surface area contributed by atoms with Gasteiger partial charge in [0.2, 0.25) is 0 Å². The molecule has 5 heteroatoms. The zero-order valence-corrected chi connectivity index (χ0v) is 11.7. The molecule has 5 nitrogen and oxygen atoms in total. The maximum absolute atomic E-state index is 10.6. The Labute approximate surface area is 118 Å². The molecule has 106 valence electrons. The van der Waals surface area contributed by atoms with Crippen LogP contribution in [0.15, 0.2) is 12.1 Å². The first-order valence-electron chi connectivity index (χ1n) is 6.94. The molecule has 0 unspecified atom stereocenters. The maximum Gasteiger partial charge on any atom is 0.303 e. The van der Waals surface area contributed by atoms with Crippen molar-refractivity contribution in [1.82, 2.24) is 4.98 Å². The summed E-state index contributed by atoms with van der Waals surface area (Å²) in [5.41, 5.74) is 1.49. The maximum atomic E-state index is 10.6. The van der Waals surface area contributed by atoms with E-state index in [0.29, 0.717) is 11.5 Å². The number of rotatable bonds is 4. The van der Waals surface area contributed by atoms with E-state index in [9.17, 15) is 4.79 Å². The lowest BCUT2D eigenvalue weighted by Crippen LogP contribution is -2.34. The Hall–Kier alpha value is -2.09. The highest BCUT2D eigenvalue weighted by atomic mass is 16.4. The largest absolute Gasteiger partial charge is 0.481 e. The van der Waals surface area contributed by atoms with Gasteiger partial charge in [-0.1, -0.05) is 0 Å². The molecule has 0 aromatic carbocycles. The number of carboxylic acids is 1. The van der Waals surface area contributed by atoms with Crippen LogP contribution in [0.25, 0.3) is 0 Å². The highest BCUT2D eigenvalue weighted by molar-refractivity contribution is 5.66. The van der Waals surface area contributed by atoms with E-state index in [4.69, 9.17) is 10.4 Å². The van der Waals surface area contributed by atoms with Gasteiger partial charge in [-0.25, -0.2) is 4.98 Å². The Morgan fingerprint density at radius 1 is 1.50 bits per heavy atom. The number of pyridine rings is 1. The van der Waals surface area contributed by atoms with Gasteiger partial charge in [-0.3, -0.25) is 4.79 Å². The SMILES string of the molecule is Cc1cc(C#N)cc(N2CCC(CCC(=O)O)CC2)n1. The fraction of sp³-hybridized carbons (Fsp3) is 0.533. The molecule has 0 amide bonds. The van der Waals surface area contributed by atoms with Crippen molar-refractivity contribution in [2.75, 3.05) is 18.0 Å². The highest BCUT2D eigenvalue weighted by Crippen LogP contribution is 2.25. The molecule has 1 N–H and O–H groups in total. The van der Waals surface area contributed by atoms with E-state index >= 15 is 0 Å². The Balaban J connectivity index is 1.95. The van der Waals surface area contributed by atoms with E-state index in [0.717, 1.165) is 43.9 Å². The number of carboxylic acid groups (broad SMARTS) is 1. The molecular weight excluding hydrogens is 254 g/mol. The minimum absolute atomic E-state index is 0.256. The average Bonchev–Trinajstić information content (AvgIpc) is 2.45. The van der Waals surface area contributed by atoms with Gasteiger partial charge in [-0.05, 0) is 44.2 Å². The zero-order valence-electron chi connectivity index (χ0n) is 11.7. The lowest BCUT2D eigenvalue weighted by molar-refractivity contribution is -0.137. The van der Waals surface area contributed by atoms with Gasteiger partial charge in [0.25, 0.3) is 0 Å². The summed E-state index contributed by atoms with van der Waals surface area (Å²) in [6.45, 7) is 3.65. The fourth-order valence-electron chi connectivity index (χ4n) is 2.66. The topological polar surface area (TPSA) is 77.2 Å². The van der Waals surface area contributed by atoms with Crippen molar-refractivity contribution in [3.05, 3.63) is 23.4 Å². The molecule has 2 rings (SSSR count). The summed E-state index contributed by atoms with van der Waals surface area (Å²) in [5.74, 6) is 0.632. The second-order valence-corrected chi connectivity index (χ2v) is 5.33. The Morgan fingerprint density at radius 3 is 2.80 bits per heavy atom. The summed E-state index contributed by atoms with van der Waals surface area (Å²) in [7, 11) is 0. The monoisotopic (exact) mass is 273 g/mol. The van der Waals surface area contributed by atoms with Crippen LogP contribution in [0.2, 0.25) is 0 Å². The molecule has 1 aromatic rings. The molecular formula is C15H19N3O2. The van der Waals surface area contributed by atoms with Gasteiger partial charge in [0.05, 0.1) is 11.6 Å². The number of nitrogens with zero attached hydrogens (tertiary/aromatic N) is 3. The van der Waals surface area contributed by atoms with E-state index < -0.39 is 5.97 Å². The van der Waals surface area contributed by atoms with Crippen LogP contribution in [0.3, 0.4) is 0 Å². The molecule has 0 atom stereocenters. The fourth-order valence-corrected chi connectivity index (χ4v) is 2.66. The molecule has 1 saturated heterocycles. The molecule has 0 bridgehead atoms. The van der Waals surface area contributed by atoms with Crippen molar-refractivity contribution in [2.45, 2.75) is 32.6 Å². The first kappa shape index (κ1) is 14.3. The minimum atomic E-state index is -0.716. The van der Waals surface area contributed by atoms with E-state index in [2.05, 4.69) is 16.0 Å². The second-order valence-electron chi connectivity index (χ2n) is 5.33. The van der Waals surface area contributed by atoms with Crippen LogP contribution in [0.4, 0.5) is 5.82 Å². The summed E-state index contributed by atoms with van der Waals surface area (Å²) in [5, 5.41) is 17.7. The normalized spacial score (nSPS) is 15.9. The van der Waals surface area contributed by atoms with Crippen LogP contribution in [-0.4, -0.2) is 29.1 Å². The summed E-state index contributed by atoms with van der Waals surface area (Å²) in [4.78, 5) is 17.3. The molecule has 0 aliphatic carbocycles. The van der Waals surface area contributed by atoms with Gasteiger partial charge in [0.1, 0.15) is 5.82 Å². The molecule has 0 saturated carbocycles. The number of aliphatic carboxylic acids is 1. The quantitative estimate of drug-likeness (QED) is 0.911. The van der Waals surface area contributed by atoms with Crippen LogP contribution in [0, 0.1) is 24.2 Å². The van der Waals surface area contributed by atoms with E-state index in [1.54, 1.807) is 6.07 Å². The number of hydrogen-bond acceptors (Lipinski definition) is 4. The Morgan fingerprint density at radius 2 is 2.20 bits per heavy atom. The van der Waals surface area contributed by atoms with Crippen molar-refractivity contribution in [2.24, 2.45) is 5.92 Å². The number of anilines is 1. The van der Waals surface area contributed by atoms with Gasteiger partial charge in [0.15, 0.2) is 0 Å². The number of nitriles is 1. The van der Waals surface area contributed by atoms with Crippen molar-refractivity contribution in [3.8, 4) is 6.07 Å². The van der Waals surface area contributed by atoms with Crippen molar-refractivity contribution >= 4 is 11.8 Å². The summed E-state index contributed by atoms with van der Waals surface area (Å²) in [6, 6.07) is 5.76. The Bertz CT molecular complexity index is 528. The molecule has 1 aromatic heterocycles. The summed E-state index contributed by atoms with van der Waals surface area (Å²) < 4.78 is 0. The Kier molecular flexibility index (Phi) is 4.57. The lowest BCUT2D eigenvalue weighted by Gasteiger charge is -2.32. The number of aryl methyl sites for hydroxylation is 1.